The molecule has 5 aromatic rings. The molecule has 2 aromatic carbocycles. The molecular weight excluding hydrogens is 431 g/mol. The number of pyridine rings is 1. The Balaban J connectivity index is 1.42. The maximum atomic E-state index is 14.2. The van der Waals surface area contributed by atoms with Crippen molar-refractivity contribution in [1.29, 1.82) is 0 Å². The Morgan fingerprint density at radius 2 is 1.74 bits per heavy atom. The quantitative estimate of drug-likeness (QED) is 0.412. The third kappa shape index (κ3) is 4.09. The van der Waals surface area contributed by atoms with Crippen molar-refractivity contribution in [2.45, 2.75) is 13.5 Å². The van der Waals surface area contributed by atoms with Crippen LogP contribution in [0.4, 0.5) is 4.39 Å². The van der Waals surface area contributed by atoms with E-state index in [-0.39, 0.29) is 12.5 Å². The van der Waals surface area contributed by atoms with Crippen molar-refractivity contribution in [3.05, 3.63) is 114 Å². The smallest absolute Gasteiger partial charge is 0.255 e. The van der Waals surface area contributed by atoms with E-state index in [2.05, 4.69) is 15.4 Å². The van der Waals surface area contributed by atoms with E-state index < -0.39 is 5.82 Å². The molecule has 1 N–H and O–H groups in total. The van der Waals surface area contributed by atoms with Gasteiger partial charge in [-0.05, 0) is 43.3 Å². The molecular formula is C26H21FN6O. The number of amides is 1. The second-order valence-electron chi connectivity index (χ2n) is 7.71. The van der Waals surface area contributed by atoms with Crippen LogP contribution in [-0.2, 0) is 6.54 Å². The van der Waals surface area contributed by atoms with Gasteiger partial charge in [-0.25, -0.2) is 13.8 Å². The number of hydrogen-bond acceptors (Lipinski definition) is 4. The zero-order chi connectivity index (χ0) is 23.5. The Morgan fingerprint density at radius 1 is 1.00 bits per heavy atom. The van der Waals surface area contributed by atoms with Gasteiger partial charge in [-0.1, -0.05) is 30.3 Å². The Bertz CT molecular complexity index is 1440. The van der Waals surface area contributed by atoms with Crippen LogP contribution >= 0.6 is 0 Å². The van der Waals surface area contributed by atoms with Crippen LogP contribution in [0.25, 0.3) is 22.6 Å². The summed E-state index contributed by atoms with van der Waals surface area (Å²) in [5.74, 6) is -0.704. The molecule has 0 saturated heterocycles. The molecule has 5 rings (SSSR count). The van der Waals surface area contributed by atoms with Crippen LogP contribution in [0.3, 0.4) is 0 Å². The Labute approximate surface area is 195 Å². The molecule has 0 unspecified atom stereocenters. The van der Waals surface area contributed by atoms with E-state index in [1.54, 1.807) is 42.2 Å². The summed E-state index contributed by atoms with van der Waals surface area (Å²) < 4.78 is 17.4. The van der Waals surface area contributed by atoms with Gasteiger partial charge >= 0.3 is 0 Å². The van der Waals surface area contributed by atoms with E-state index in [1.165, 1.54) is 16.9 Å². The second kappa shape index (κ2) is 9.11. The molecule has 0 saturated carbocycles. The summed E-state index contributed by atoms with van der Waals surface area (Å²) in [6, 6.07) is 19.8. The number of halogens is 1. The van der Waals surface area contributed by atoms with Gasteiger partial charge in [-0.3, -0.25) is 9.78 Å². The predicted molar refractivity (Wildman–Crippen MR) is 126 cm³/mol. The van der Waals surface area contributed by atoms with Crippen LogP contribution < -0.4 is 5.32 Å². The summed E-state index contributed by atoms with van der Waals surface area (Å²) >= 11 is 0. The van der Waals surface area contributed by atoms with Crippen molar-refractivity contribution < 1.29 is 9.18 Å². The van der Waals surface area contributed by atoms with E-state index >= 15 is 0 Å². The van der Waals surface area contributed by atoms with Gasteiger partial charge in [0.05, 0.1) is 28.8 Å². The number of para-hydroxylation sites is 2. The maximum absolute atomic E-state index is 14.2. The van der Waals surface area contributed by atoms with Crippen LogP contribution in [0.1, 0.15) is 21.6 Å². The summed E-state index contributed by atoms with van der Waals surface area (Å²) in [5.41, 5.74) is 4.65. The normalized spacial score (nSPS) is 10.9. The molecule has 1 amide bonds. The summed E-state index contributed by atoms with van der Waals surface area (Å²) in [6.07, 6.45) is 6.77. The number of rotatable bonds is 6. The first-order chi connectivity index (χ1) is 16.6. The molecule has 168 valence electrons. The zero-order valence-corrected chi connectivity index (χ0v) is 18.4. The number of carbonyl (C=O) groups is 1. The standard InChI is InChI=1S/C26H21FN6O/c1-18-22(16-30-33(18)24-10-6-5-9-23(24)27)26(34)29-15-20-17-32(21-7-3-2-4-8-21)31-25(20)19-11-13-28-14-12-19/h2-14,16-17H,15H2,1H3,(H,29,34). The summed E-state index contributed by atoms with van der Waals surface area (Å²) in [5, 5.41) is 11.9. The van der Waals surface area contributed by atoms with Gasteiger partial charge in [-0.15, -0.1) is 0 Å². The highest BCUT2D eigenvalue weighted by Crippen LogP contribution is 2.24. The van der Waals surface area contributed by atoms with Gasteiger partial charge in [0.15, 0.2) is 0 Å². The summed E-state index contributed by atoms with van der Waals surface area (Å²) in [4.78, 5) is 17.1. The molecule has 3 heterocycles. The summed E-state index contributed by atoms with van der Waals surface area (Å²) in [6.45, 7) is 2.00. The molecule has 0 radical (unpaired) electrons. The van der Waals surface area contributed by atoms with Crippen LogP contribution in [0.15, 0.2) is 91.5 Å². The average molecular weight is 452 g/mol. The van der Waals surface area contributed by atoms with E-state index in [4.69, 9.17) is 5.10 Å². The van der Waals surface area contributed by atoms with Crippen LogP contribution in [0.5, 0.6) is 0 Å². The Kier molecular flexibility index (Phi) is 5.70. The highest BCUT2D eigenvalue weighted by atomic mass is 19.1. The monoisotopic (exact) mass is 452 g/mol. The van der Waals surface area contributed by atoms with Crippen LogP contribution in [0, 0.1) is 12.7 Å². The van der Waals surface area contributed by atoms with Crippen molar-refractivity contribution >= 4 is 5.91 Å². The molecule has 0 spiro atoms. The number of nitrogens with zero attached hydrogens (tertiary/aromatic N) is 5. The molecule has 0 aliphatic heterocycles. The van der Waals surface area contributed by atoms with Gasteiger partial charge in [0.25, 0.3) is 5.91 Å². The minimum absolute atomic E-state index is 0.258. The third-order valence-electron chi connectivity index (χ3n) is 5.54. The molecule has 8 heteroatoms. The number of carbonyl (C=O) groups excluding carboxylic acids is 1. The fourth-order valence-corrected chi connectivity index (χ4v) is 3.77. The van der Waals surface area contributed by atoms with E-state index in [0.29, 0.717) is 16.9 Å². The van der Waals surface area contributed by atoms with Crippen molar-refractivity contribution in [1.82, 2.24) is 29.9 Å². The molecule has 0 bridgehead atoms. The molecule has 34 heavy (non-hydrogen) atoms. The lowest BCUT2D eigenvalue weighted by atomic mass is 10.1. The Hall–Kier alpha value is -4.59. The van der Waals surface area contributed by atoms with Gasteiger partial charge in [0.2, 0.25) is 0 Å². The van der Waals surface area contributed by atoms with Crippen LogP contribution in [-0.4, -0.2) is 30.5 Å². The minimum Gasteiger partial charge on any atom is -0.348 e. The van der Waals surface area contributed by atoms with E-state index in [1.807, 2.05) is 48.7 Å². The van der Waals surface area contributed by atoms with Crippen molar-refractivity contribution in [2.75, 3.05) is 0 Å². The van der Waals surface area contributed by atoms with Gasteiger partial charge in [-0.2, -0.15) is 10.2 Å². The first kappa shape index (κ1) is 21.3. The SMILES string of the molecule is Cc1c(C(=O)NCc2cn(-c3ccccc3)nc2-c2ccncc2)cnn1-c1ccccc1F. The first-order valence-electron chi connectivity index (χ1n) is 10.7. The number of nitrogens with one attached hydrogen (secondary N) is 1. The fraction of sp³-hybridized carbons (Fsp3) is 0.0769. The van der Waals surface area contributed by atoms with Gasteiger partial charge < -0.3 is 5.32 Å². The lowest BCUT2D eigenvalue weighted by molar-refractivity contribution is 0.0950. The third-order valence-corrected chi connectivity index (χ3v) is 5.54. The summed E-state index contributed by atoms with van der Waals surface area (Å²) in [7, 11) is 0. The predicted octanol–water partition coefficient (Wildman–Crippen LogP) is 4.50. The van der Waals surface area contributed by atoms with E-state index in [9.17, 15) is 9.18 Å². The molecule has 7 nitrogen and oxygen atoms in total. The molecule has 0 fully saturated rings. The molecule has 0 atom stereocenters. The average Bonchev–Trinajstić information content (AvgIpc) is 3.48. The van der Waals surface area contributed by atoms with Gasteiger partial charge in [0.1, 0.15) is 11.5 Å². The lowest BCUT2D eigenvalue weighted by Gasteiger charge is -2.07. The fourth-order valence-electron chi connectivity index (χ4n) is 3.77. The molecule has 0 aliphatic rings. The zero-order valence-electron chi connectivity index (χ0n) is 18.4. The molecule has 3 aromatic heterocycles. The largest absolute Gasteiger partial charge is 0.348 e. The second-order valence-corrected chi connectivity index (χ2v) is 7.71. The first-order valence-corrected chi connectivity index (χ1v) is 10.7. The van der Waals surface area contributed by atoms with Crippen molar-refractivity contribution in [3.63, 3.8) is 0 Å². The number of hydrogen-bond donors (Lipinski definition) is 1. The minimum atomic E-state index is -0.407. The molecule has 0 aliphatic carbocycles. The van der Waals surface area contributed by atoms with Crippen molar-refractivity contribution in [3.8, 4) is 22.6 Å². The highest BCUT2D eigenvalue weighted by molar-refractivity contribution is 5.95. The highest BCUT2D eigenvalue weighted by Gasteiger charge is 2.18. The van der Waals surface area contributed by atoms with Gasteiger partial charge in [0, 0.05) is 36.3 Å². The maximum Gasteiger partial charge on any atom is 0.255 e. The van der Waals surface area contributed by atoms with Crippen LogP contribution in [0.2, 0.25) is 0 Å². The number of aromatic nitrogens is 5. The number of benzene rings is 2. The topological polar surface area (TPSA) is 77.6 Å². The van der Waals surface area contributed by atoms with Crippen molar-refractivity contribution in [2.24, 2.45) is 0 Å². The Morgan fingerprint density at radius 3 is 2.50 bits per heavy atom. The van der Waals surface area contributed by atoms with E-state index in [0.717, 1.165) is 22.5 Å². The lowest BCUT2D eigenvalue weighted by Crippen LogP contribution is -2.23.